The fourth-order valence-corrected chi connectivity index (χ4v) is 2.22. The number of hydrogen-bond acceptors (Lipinski definition) is 2. The summed E-state index contributed by atoms with van der Waals surface area (Å²) in [5.74, 6) is -0.423. The maximum absolute atomic E-state index is 13.0. The first-order valence-corrected chi connectivity index (χ1v) is 6.16. The number of halogens is 3. The lowest BCUT2D eigenvalue weighted by atomic mass is 10.0. The summed E-state index contributed by atoms with van der Waals surface area (Å²) in [6, 6.07) is 11.7. The lowest BCUT2D eigenvalue weighted by Crippen LogP contribution is -2.07. The monoisotopic (exact) mass is 290 g/mol. The van der Waals surface area contributed by atoms with Crippen molar-refractivity contribution in [1.29, 1.82) is 0 Å². The molecule has 0 amide bonds. The highest BCUT2D eigenvalue weighted by Gasteiger charge is 2.33. The molecule has 0 bridgehead atoms. The Bertz CT molecular complexity index is 745. The zero-order valence-electron chi connectivity index (χ0n) is 10.6. The second-order valence-corrected chi connectivity index (χ2v) is 4.53. The molecule has 0 saturated heterocycles. The van der Waals surface area contributed by atoms with Crippen molar-refractivity contribution in [1.82, 2.24) is 0 Å². The van der Waals surface area contributed by atoms with Gasteiger partial charge < -0.3 is 4.74 Å². The molecule has 0 spiro atoms. The number of alkyl halides is 3. The molecule has 0 unspecified atom stereocenters. The molecular weight excluding hydrogens is 281 g/mol. The summed E-state index contributed by atoms with van der Waals surface area (Å²) in [5.41, 5.74) is 0.0511. The first-order valence-electron chi connectivity index (χ1n) is 6.16. The number of ether oxygens (including phenoxy) is 1. The predicted octanol–water partition coefficient (Wildman–Crippen LogP) is 4.37. The number of carbonyl (C=O) groups excluding carboxylic acids is 1. The van der Waals surface area contributed by atoms with E-state index in [0.29, 0.717) is 11.1 Å². The maximum atomic E-state index is 13.0. The van der Waals surface area contributed by atoms with Crippen molar-refractivity contribution in [3.8, 4) is 0 Å². The van der Waals surface area contributed by atoms with Crippen molar-refractivity contribution >= 4 is 17.8 Å². The number of benzene rings is 2. The molecule has 0 saturated carbocycles. The average Bonchev–Trinajstić information content (AvgIpc) is 2.76. The van der Waals surface area contributed by atoms with E-state index < -0.39 is 17.7 Å². The van der Waals surface area contributed by atoms with Gasteiger partial charge in [-0.3, -0.25) is 0 Å². The van der Waals surface area contributed by atoms with Crippen LogP contribution in [0.3, 0.4) is 0 Å². The molecule has 0 aromatic heterocycles. The minimum atomic E-state index is -4.46. The SMILES string of the molecule is O=C1O/C(=C\c2ccccc2C(F)(F)F)c2ccccc21. The van der Waals surface area contributed by atoms with Gasteiger partial charge in [0.25, 0.3) is 0 Å². The number of esters is 1. The highest BCUT2D eigenvalue weighted by atomic mass is 19.4. The summed E-state index contributed by atoms with van der Waals surface area (Å²) < 4.78 is 43.9. The minimum absolute atomic E-state index is 0.0375. The normalized spacial score (nSPS) is 16.0. The van der Waals surface area contributed by atoms with E-state index in [-0.39, 0.29) is 11.3 Å². The van der Waals surface area contributed by atoms with Crippen molar-refractivity contribution in [2.75, 3.05) is 0 Å². The number of hydrogen-bond donors (Lipinski definition) is 0. The molecule has 1 aliphatic heterocycles. The Morgan fingerprint density at radius 3 is 2.24 bits per heavy atom. The first kappa shape index (κ1) is 13.4. The van der Waals surface area contributed by atoms with Crippen LogP contribution in [0.5, 0.6) is 0 Å². The molecular formula is C16H9F3O2. The number of fused-ring (bicyclic) bond motifs is 1. The number of rotatable bonds is 1. The molecule has 106 valence electrons. The second-order valence-electron chi connectivity index (χ2n) is 4.53. The Morgan fingerprint density at radius 2 is 1.52 bits per heavy atom. The van der Waals surface area contributed by atoms with Crippen LogP contribution in [0.1, 0.15) is 27.0 Å². The van der Waals surface area contributed by atoms with Gasteiger partial charge in [0.2, 0.25) is 0 Å². The Balaban J connectivity index is 2.11. The number of cyclic esters (lactones) is 1. The molecule has 0 N–H and O–H groups in total. The van der Waals surface area contributed by atoms with Gasteiger partial charge in [-0.1, -0.05) is 36.4 Å². The first-order chi connectivity index (χ1) is 9.97. The second kappa shape index (κ2) is 4.77. The molecule has 2 nitrogen and oxygen atoms in total. The van der Waals surface area contributed by atoms with Crippen LogP contribution in [0, 0.1) is 0 Å². The third-order valence-corrected chi connectivity index (χ3v) is 3.17. The molecule has 1 aliphatic rings. The molecule has 2 aromatic carbocycles. The van der Waals surface area contributed by atoms with E-state index >= 15 is 0 Å². The van der Waals surface area contributed by atoms with Gasteiger partial charge in [0.15, 0.2) is 0 Å². The van der Waals surface area contributed by atoms with Crippen LogP contribution in [0.25, 0.3) is 11.8 Å². The topological polar surface area (TPSA) is 26.3 Å². The highest BCUT2D eigenvalue weighted by molar-refractivity contribution is 6.05. The van der Waals surface area contributed by atoms with Crippen LogP contribution in [-0.2, 0) is 10.9 Å². The van der Waals surface area contributed by atoms with E-state index in [1.54, 1.807) is 24.3 Å². The van der Waals surface area contributed by atoms with Crippen LogP contribution in [0.4, 0.5) is 13.2 Å². The molecule has 2 aromatic rings. The van der Waals surface area contributed by atoms with Gasteiger partial charge in [-0.05, 0) is 23.8 Å². The fourth-order valence-electron chi connectivity index (χ4n) is 2.22. The smallest absolute Gasteiger partial charge is 0.416 e. The van der Waals surface area contributed by atoms with E-state index in [1.165, 1.54) is 24.3 Å². The van der Waals surface area contributed by atoms with E-state index in [0.717, 1.165) is 6.07 Å². The average molecular weight is 290 g/mol. The van der Waals surface area contributed by atoms with Crippen LogP contribution in [-0.4, -0.2) is 5.97 Å². The molecule has 0 fully saturated rings. The van der Waals surface area contributed by atoms with Crippen molar-refractivity contribution in [2.45, 2.75) is 6.18 Å². The molecule has 21 heavy (non-hydrogen) atoms. The van der Waals surface area contributed by atoms with Gasteiger partial charge in [0, 0.05) is 5.56 Å². The van der Waals surface area contributed by atoms with Gasteiger partial charge in [-0.2, -0.15) is 13.2 Å². The van der Waals surface area contributed by atoms with E-state index in [9.17, 15) is 18.0 Å². The summed E-state index contributed by atoms with van der Waals surface area (Å²) in [7, 11) is 0. The van der Waals surface area contributed by atoms with Crippen LogP contribution in [0.2, 0.25) is 0 Å². The van der Waals surface area contributed by atoms with E-state index in [1.807, 2.05) is 0 Å². The van der Waals surface area contributed by atoms with Crippen molar-refractivity contribution in [3.63, 3.8) is 0 Å². The summed E-state index contributed by atoms with van der Waals surface area (Å²) in [5, 5.41) is 0. The quantitative estimate of drug-likeness (QED) is 0.729. The third kappa shape index (κ3) is 2.42. The van der Waals surface area contributed by atoms with Gasteiger partial charge in [-0.25, -0.2) is 4.79 Å². The third-order valence-electron chi connectivity index (χ3n) is 3.17. The highest BCUT2D eigenvalue weighted by Crippen LogP contribution is 2.36. The van der Waals surface area contributed by atoms with Crippen molar-refractivity contribution in [2.24, 2.45) is 0 Å². The lowest BCUT2D eigenvalue weighted by molar-refractivity contribution is -0.137. The fraction of sp³-hybridized carbons (Fsp3) is 0.0625. The van der Waals surface area contributed by atoms with E-state index in [2.05, 4.69) is 0 Å². The molecule has 3 rings (SSSR count). The van der Waals surface area contributed by atoms with Gasteiger partial charge in [-0.15, -0.1) is 0 Å². The van der Waals surface area contributed by atoms with Gasteiger partial charge in [0.05, 0.1) is 11.1 Å². The Morgan fingerprint density at radius 1 is 0.905 bits per heavy atom. The Hall–Kier alpha value is -2.56. The zero-order valence-corrected chi connectivity index (χ0v) is 10.6. The molecule has 5 heteroatoms. The number of carbonyl (C=O) groups is 1. The zero-order chi connectivity index (χ0) is 15.0. The van der Waals surface area contributed by atoms with E-state index in [4.69, 9.17) is 4.74 Å². The Labute approximate surface area is 118 Å². The summed E-state index contributed by atoms with van der Waals surface area (Å²) in [6.45, 7) is 0. The maximum Gasteiger partial charge on any atom is 0.416 e. The molecule has 0 atom stereocenters. The van der Waals surface area contributed by atoms with Crippen molar-refractivity contribution < 1.29 is 22.7 Å². The van der Waals surface area contributed by atoms with Crippen molar-refractivity contribution in [3.05, 3.63) is 70.8 Å². The lowest BCUT2D eigenvalue weighted by Gasteiger charge is -2.10. The summed E-state index contributed by atoms with van der Waals surface area (Å²) in [6.07, 6.45) is -3.22. The molecule has 0 aliphatic carbocycles. The molecule has 0 radical (unpaired) electrons. The van der Waals surface area contributed by atoms with Crippen LogP contribution in [0.15, 0.2) is 48.5 Å². The largest absolute Gasteiger partial charge is 0.422 e. The standard InChI is InChI=1S/C16H9F3O2/c17-16(18,19)13-8-4-1-5-10(13)9-14-11-6-2-3-7-12(11)15(20)21-14/h1-9H/b14-9-. The van der Waals surface area contributed by atoms with Crippen LogP contribution >= 0.6 is 0 Å². The minimum Gasteiger partial charge on any atom is -0.422 e. The van der Waals surface area contributed by atoms with Gasteiger partial charge >= 0.3 is 12.1 Å². The van der Waals surface area contributed by atoms with Crippen LogP contribution < -0.4 is 0 Å². The predicted molar refractivity (Wildman–Crippen MR) is 71.2 cm³/mol. The Kier molecular flexibility index (Phi) is 3.05. The summed E-state index contributed by atoms with van der Waals surface area (Å²) >= 11 is 0. The van der Waals surface area contributed by atoms with Gasteiger partial charge in [0.1, 0.15) is 5.76 Å². The summed E-state index contributed by atoms with van der Waals surface area (Å²) in [4.78, 5) is 11.7. The molecule has 1 heterocycles.